The molecule has 0 aromatic rings. The van der Waals surface area contributed by atoms with Crippen molar-refractivity contribution in [3.63, 3.8) is 0 Å². The van der Waals surface area contributed by atoms with Crippen LogP contribution in [-0.2, 0) is 14.3 Å². The van der Waals surface area contributed by atoms with Gasteiger partial charge < -0.3 is 15.2 Å². The SMILES string of the molecule is NCCOCCC(=O)OC(=C\F)/C(F)=C(F)\C(F)=C\F. The average molecular weight is 301 g/mol. The number of ether oxygens (including phenoxy) is 2. The van der Waals surface area contributed by atoms with Crippen LogP contribution in [0.5, 0.6) is 0 Å². The van der Waals surface area contributed by atoms with Crippen LogP contribution in [-0.4, -0.2) is 25.7 Å². The van der Waals surface area contributed by atoms with Crippen molar-refractivity contribution in [2.24, 2.45) is 5.73 Å². The van der Waals surface area contributed by atoms with E-state index in [4.69, 9.17) is 10.5 Å². The van der Waals surface area contributed by atoms with E-state index in [0.29, 0.717) is 0 Å². The summed E-state index contributed by atoms with van der Waals surface area (Å²) in [5, 5.41) is 0. The van der Waals surface area contributed by atoms with Gasteiger partial charge in [0.25, 0.3) is 0 Å². The highest BCUT2D eigenvalue weighted by atomic mass is 19.2. The predicted octanol–water partition coefficient (Wildman–Crippen LogP) is 2.64. The summed E-state index contributed by atoms with van der Waals surface area (Å²) in [5.74, 6) is -9.38. The highest BCUT2D eigenvalue weighted by molar-refractivity contribution is 5.71. The molecular formula is C11H12F5NO3. The van der Waals surface area contributed by atoms with Crippen molar-refractivity contribution >= 4 is 5.97 Å². The van der Waals surface area contributed by atoms with Gasteiger partial charge in [0, 0.05) is 6.54 Å². The lowest BCUT2D eigenvalue weighted by atomic mass is 10.3. The highest BCUT2D eigenvalue weighted by Gasteiger charge is 2.20. The molecule has 0 aromatic heterocycles. The van der Waals surface area contributed by atoms with Crippen LogP contribution >= 0.6 is 0 Å². The van der Waals surface area contributed by atoms with Crippen molar-refractivity contribution in [2.45, 2.75) is 6.42 Å². The van der Waals surface area contributed by atoms with Gasteiger partial charge in [0.1, 0.15) is 12.7 Å². The van der Waals surface area contributed by atoms with Crippen LogP contribution in [0.1, 0.15) is 6.42 Å². The van der Waals surface area contributed by atoms with E-state index in [1.807, 2.05) is 0 Å². The number of carbonyl (C=O) groups excluding carboxylic acids is 1. The van der Waals surface area contributed by atoms with E-state index < -0.39 is 48.3 Å². The van der Waals surface area contributed by atoms with E-state index in [1.165, 1.54) is 0 Å². The molecule has 9 heteroatoms. The summed E-state index contributed by atoms with van der Waals surface area (Å²) in [6.07, 6.45) is -1.86. The van der Waals surface area contributed by atoms with Crippen molar-refractivity contribution in [2.75, 3.05) is 19.8 Å². The third-order valence-electron chi connectivity index (χ3n) is 1.75. The Balaban J connectivity index is 4.61. The molecule has 0 aliphatic rings. The van der Waals surface area contributed by atoms with Crippen LogP contribution in [0.3, 0.4) is 0 Å². The number of halogens is 5. The van der Waals surface area contributed by atoms with Gasteiger partial charge in [0.2, 0.25) is 11.7 Å². The zero-order valence-electron chi connectivity index (χ0n) is 10.2. The minimum Gasteiger partial charge on any atom is -0.421 e. The molecule has 0 fully saturated rings. The van der Waals surface area contributed by atoms with Crippen molar-refractivity contribution in [3.05, 3.63) is 35.9 Å². The number of rotatable bonds is 8. The lowest BCUT2D eigenvalue weighted by Gasteiger charge is -2.06. The van der Waals surface area contributed by atoms with Gasteiger partial charge in [0.05, 0.1) is 19.6 Å². The Labute approximate surface area is 111 Å². The van der Waals surface area contributed by atoms with E-state index >= 15 is 0 Å². The second kappa shape index (κ2) is 10.1. The number of carbonyl (C=O) groups is 1. The van der Waals surface area contributed by atoms with Crippen LogP contribution in [0.25, 0.3) is 0 Å². The first-order valence-corrected chi connectivity index (χ1v) is 5.28. The fourth-order valence-corrected chi connectivity index (χ4v) is 0.890. The summed E-state index contributed by atoms with van der Waals surface area (Å²) >= 11 is 0. The Kier molecular flexibility index (Phi) is 9.22. The van der Waals surface area contributed by atoms with Gasteiger partial charge in [-0.25, -0.2) is 17.6 Å². The Morgan fingerprint density at radius 3 is 2.20 bits per heavy atom. The minimum atomic E-state index is -2.33. The maximum atomic E-state index is 13.1. The first-order chi connectivity index (χ1) is 9.47. The molecule has 0 bridgehead atoms. The summed E-state index contributed by atoms with van der Waals surface area (Å²) in [5.41, 5.74) is 5.09. The molecule has 0 saturated heterocycles. The summed E-state index contributed by atoms with van der Waals surface area (Å²) in [7, 11) is 0. The summed E-state index contributed by atoms with van der Waals surface area (Å²) < 4.78 is 71.1. The quantitative estimate of drug-likeness (QED) is 0.246. The fourth-order valence-electron chi connectivity index (χ4n) is 0.890. The standard InChI is InChI=1S/C11H12F5NO3/c12-5-7(14)10(15)11(16)8(6-13)20-9(18)1-3-19-4-2-17/h5-6H,1-4,17H2/b7-5-,8-6-,11-10-. The number of allylic oxidation sites excluding steroid dienone is 3. The fraction of sp³-hybridized carbons (Fsp3) is 0.364. The lowest BCUT2D eigenvalue weighted by molar-refractivity contribution is -0.140. The van der Waals surface area contributed by atoms with E-state index in [9.17, 15) is 26.7 Å². The van der Waals surface area contributed by atoms with Crippen LogP contribution in [0.2, 0.25) is 0 Å². The molecule has 0 heterocycles. The Morgan fingerprint density at radius 1 is 1.05 bits per heavy atom. The van der Waals surface area contributed by atoms with Crippen LogP contribution < -0.4 is 5.73 Å². The summed E-state index contributed by atoms with van der Waals surface area (Å²) in [4.78, 5) is 11.1. The molecular weight excluding hydrogens is 289 g/mol. The predicted molar refractivity (Wildman–Crippen MR) is 59.3 cm³/mol. The van der Waals surface area contributed by atoms with Gasteiger partial charge in [-0.1, -0.05) is 0 Å². The Bertz CT molecular complexity index is 420. The lowest BCUT2D eigenvalue weighted by Crippen LogP contribution is -2.13. The van der Waals surface area contributed by atoms with Crippen LogP contribution in [0, 0.1) is 0 Å². The molecule has 114 valence electrons. The molecule has 0 rings (SSSR count). The van der Waals surface area contributed by atoms with E-state index in [1.54, 1.807) is 0 Å². The molecule has 0 saturated carbocycles. The number of nitrogens with two attached hydrogens (primary N) is 1. The third kappa shape index (κ3) is 6.43. The van der Waals surface area contributed by atoms with Gasteiger partial charge in [-0.2, -0.15) is 4.39 Å². The van der Waals surface area contributed by atoms with Crippen molar-refractivity contribution in [1.29, 1.82) is 0 Å². The van der Waals surface area contributed by atoms with E-state index in [2.05, 4.69) is 4.74 Å². The zero-order chi connectivity index (χ0) is 15.5. The second-order valence-electron chi connectivity index (χ2n) is 3.18. The average Bonchev–Trinajstić information content (AvgIpc) is 2.46. The smallest absolute Gasteiger partial charge is 0.313 e. The topological polar surface area (TPSA) is 61.5 Å². The molecule has 0 spiro atoms. The second-order valence-corrected chi connectivity index (χ2v) is 3.18. The van der Waals surface area contributed by atoms with Crippen molar-refractivity contribution < 1.29 is 36.2 Å². The monoisotopic (exact) mass is 301 g/mol. The molecule has 4 nitrogen and oxygen atoms in total. The van der Waals surface area contributed by atoms with E-state index in [-0.39, 0.29) is 19.8 Å². The number of esters is 1. The summed E-state index contributed by atoms with van der Waals surface area (Å²) in [6, 6.07) is 0. The molecule has 0 unspecified atom stereocenters. The molecule has 2 N–H and O–H groups in total. The molecule has 0 aromatic carbocycles. The first kappa shape index (κ1) is 18.3. The van der Waals surface area contributed by atoms with Crippen molar-refractivity contribution in [3.8, 4) is 0 Å². The van der Waals surface area contributed by atoms with Gasteiger partial charge >= 0.3 is 5.97 Å². The maximum Gasteiger partial charge on any atom is 0.313 e. The molecule has 0 aliphatic carbocycles. The van der Waals surface area contributed by atoms with Crippen LogP contribution in [0.15, 0.2) is 35.9 Å². The van der Waals surface area contributed by atoms with Crippen LogP contribution in [0.4, 0.5) is 22.0 Å². The molecule has 0 radical (unpaired) electrons. The molecule has 0 aliphatic heterocycles. The Morgan fingerprint density at radius 2 is 1.70 bits per heavy atom. The summed E-state index contributed by atoms with van der Waals surface area (Å²) in [6.45, 7) is 0.235. The Hall–Kier alpha value is -1.74. The number of hydrogen-bond donors (Lipinski definition) is 1. The molecule has 20 heavy (non-hydrogen) atoms. The normalized spacial score (nSPS) is 14.1. The van der Waals surface area contributed by atoms with Gasteiger partial charge in [0.15, 0.2) is 11.6 Å². The minimum absolute atomic E-state index is 0.137. The molecule has 0 atom stereocenters. The highest BCUT2D eigenvalue weighted by Crippen LogP contribution is 2.25. The zero-order valence-corrected chi connectivity index (χ0v) is 10.2. The maximum absolute atomic E-state index is 13.1. The number of hydrogen-bond acceptors (Lipinski definition) is 4. The van der Waals surface area contributed by atoms with E-state index in [0.717, 1.165) is 0 Å². The van der Waals surface area contributed by atoms with Gasteiger partial charge in [-0.15, -0.1) is 0 Å². The third-order valence-corrected chi connectivity index (χ3v) is 1.75. The van der Waals surface area contributed by atoms with Crippen molar-refractivity contribution in [1.82, 2.24) is 0 Å². The first-order valence-electron chi connectivity index (χ1n) is 5.28. The molecule has 0 amide bonds. The largest absolute Gasteiger partial charge is 0.421 e. The van der Waals surface area contributed by atoms with Gasteiger partial charge in [-0.3, -0.25) is 4.79 Å². The van der Waals surface area contributed by atoms with Gasteiger partial charge in [-0.05, 0) is 0 Å².